The van der Waals surface area contributed by atoms with Crippen LogP contribution in [-0.4, -0.2) is 0 Å². The van der Waals surface area contributed by atoms with E-state index >= 15 is 0 Å². The summed E-state index contributed by atoms with van der Waals surface area (Å²) in [5, 5.41) is 0. The predicted molar refractivity (Wildman–Crippen MR) is 126 cm³/mol. The lowest BCUT2D eigenvalue weighted by Gasteiger charge is -2.43. The molecule has 0 saturated heterocycles. The lowest BCUT2D eigenvalue weighted by atomic mass is 9.63. The fourth-order valence-electron chi connectivity index (χ4n) is 7.33. The van der Waals surface area contributed by atoms with E-state index in [-0.39, 0.29) is 5.92 Å². The first kappa shape index (κ1) is 23.2. The summed E-state index contributed by atoms with van der Waals surface area (Å²) >= 11 is 0. The first-order valence-corrected chi connectivity index (χ1v) is 13.6. The second-order valence-electron chi connectivity index (χ2n) is 11.3. The highest BCUT2D eigenvalue weighted by molar-refractivity contribution is 5.23. The number of halogens is 2. The van der Waals surface area contributed by atoms with Crippen molar-refractivity contribution in [2.24, 2.45) is 29.6 Å². The van der Waals surface area contributed by atoms with Crippen LogP contribution in [0.25, 0.3) is 0 Å². The molecule has 3 aliphatic rings. The van der Waals surface area contributed by atoms with Crippen molar-refractivity contribution in [1.29, 1.82) is 0 Å². The quantitative estimate of drug-likeness (QED) is 0.360. The van der Waals surface area contributed by atoms with Gasteiger partial charge in [-0.15, -0.1) is 0 Å². The van der Waals surface area contributed by atoms with Gasteiger partial charge in [0.05, 0.1) is 0 Å². The third-order valence-electron chi connectivity index (χ3n) is 9.31. The van der Waals surface area contributed by atoms with E-state index in [0.717, 1.165) is 42.4 Å². The minimum Gasteiger partial charge on any atom is -0.204 e. The molecule has 1 aromatic rings. The summed E-state index contributed by atoms with van der Waals surface area (Å²) in [4.78, 5) is 0. The SMILES string of the molecule is CCCCCC1CCC(CCC2CCC3CC(c4cccc(F)c4F)CCC3C2)CC1. The Morgan fingerprint density at radius 1 is 0.710 bits per heavy atom. The molecule has 31 heavy (non-hydrogen) atoms. The normalized spacial score (nSPS) is 33.8. The van der Waals surface area contributed by atoms with Crippen LogP contribution in [0.2, 0.25) is 0 Å². The minimum absolute atomic E-state index is 0.223. The van der Waals surface area contributed by atoms with Gasteiger partial charge in [0.25, 0.3) is 0 Å². The summed E-state index contributed by atoms with van der Waals surface area (Å²) in [6.45, 7) is 2.31. The molecule has 3 fully saturated rings. The maximum atomic E-state index is 14.3. The van der Waals surface area contributed by atoms with E-state index in [2.05, 4.69) is 6.92 Å². The summed E-state index contributed by atoms with van der Waals surface area (Å²) in [7, 11) is 0. The molecular formula is C29H44F2. The highest BCUT2D eigenvalue weighted by Crippen LogP contribution is 2.49. The van der Waals surface area contributed by atoms with Crippen LogP contribution in [0.15, 0.2) is 18.2 Å². The zero-order valence-electron chi connectivity index (χ0n) is 19.8. The Kier molecular flexibility index (Phi) is 8.46. The van der Waals surface area contributed by atoms with Gasteiger partial charge >= 0.3 is 0 Å². The number of hydrogen-bond acceptors (Lipinski definition) is 0. The Bertz CT molecular complexity index is 675. The molecule has 1 aromatic carbocycles. The Hall–Kier alpha value is -0.920. The fraction of sp³-hybridized carbons (Fsp3) is 0.793. The summed E-state index contributed by atoms with van der Waals surface area (Å²) in [6.07, 6.45) is 21.9. The zero-order valence-corrected chi connectivity index (χ0v) is 19.8. The highest BCUT2D eigenvalue weighted by atomic mass is 19.2. The average Bonchev–Trinajstić information content (AvgIpc) is 2.80. The van der Waals surface area contributed by atoms with E-state index in [1.807, 2.05) is 6.07 Å². The van der Waals surface area contributed by atoms with Gasteiger partial charge in [-0.1, -0.05) is 89.7 Å². The summed E-state index contributed by atoms with van der Waals surface area (Å²) in [5.74, 6) is 3.45. The van der Waals surface area contributed by atoms with Crippen LogP contribution < -0.4 is 0 Å². The first-order valence-electron chi connectivity index (χ1n) is 13.6. The molecule has 174 valence electrons. The molecule has 0 aromatic heterocycles. The number of unbranched alkanes of at least 4 members (excludes halogenated alkanes) is 2. The zero-order chi connectivity index (χ0) is 21.6. The molecule has 4 rings (SSSR count). The van der Waals surface area contributed by atoms with Gasteiger partial charge in [-0.2, -0.15) is 0 Å². The van der Waals surface area contributed by atoms with E-state index in [1.165, 1.54) is 96.0 Å². The number of rotatable bonds is 8. The minimum atomic E-state index is -0.682. The summed E-state index contributed by atoms with van der Waals surface area (Å²) in [6, 6.07) is 4.73. The molecule has 0 nitrogen and oxygen atoms in total. The molecule has 0 heterocycles. The maximum absolute atomic E-state index is 14.3. The molecule has 0 N–H and O–H groups in total. The van der Waals surface area contributed by atoms with Crippen LogP contribution in [0.1, 0.15) is 121 Å². The molecule has 0 bridgehead atoms. The lowest BCUT2D eigenvalue weighted by molar-refractivity contribution is 0.108. The second-order valence-corrected chi connectivity index (χ2v) is 11.3. The molecule has 0 amide bonds. The van der Waals surface area contributed by atoms with E-state index < -0.39 is 11.6 Å². The van der Waals surface area contributed by atoms with Gasteiger partial charge in [0.1, 0.15) is 0 Å². The number of hydrogen-bond donors (Lipinski definition) is 0. The third-order valence-corrected chi connectivity index (χ3v) is 9.31. The van der Waals surface area contributed by atoms with E-state index in [4.69, 9.17) is 0 Å². The van der Waals surface area contributed by atoms with Crippen molar-refractivity contribution >= 4 is 0 Å². The van der Waals surface area contributed by atoms with Crippen molar-refractivity contribution in [1.82, 2.24) is 0 Å². The second kappa shape index (κ2) is 11.3. The third kappa shape index (κ3) is 6.11. The van der Waals surface area contributed by atoms with Crippen LogP contribution in [0.5, 0.6) is 0 Å². The van der Waals surface area contributed by atoms with Gasteiger partial charge in [-0.25, -0.2) is 8.78 Å². The monoisotopic (exact) mass is 430 g/mol. The van der Waals surface area contributed by atoms with Crippen molar-refractivity contribution in [3.05, 3.63) is 35.4 Å². The van der Waals surface area contributed by atoms with Gasteiger partial charge in [0.2, 0.25) is 0 Å². The lowest BCUT2D eigenvalue weighted by Crippen LogP contribution is -2.31. The Morgan fingerprint density at radius 3 is 2.13 bits per heavy atom. The van der Waals surface area contributed by atoms with Gasteiger partial charge in [0, 0.05) is 0 Å². The summed E-state index contributed by atoms with van der Waals surface area (Å²) < 4.78 is 27.9. The Labute approximate surface area is 189 Å². The largest absolute Gasteiger partial charge is 0.204 e. The highest BCUT2D eigenvalue weighted by Gasteiger charge is 2.37. The van der Waals surface area contributed by atoms with Gasteiger partial charge in [-0.3, -0.25) is 0 Å². The molecule has 3 saturated carbocycles. The van der Waals surface area contributed by atoms with Crippen LogP contribution in [0, 0.1) is 41.2 Å². The van der Waals surface area contributed by atoms with Crippen LogP contribution in [0.4, 0.5) is 8.78 Å². The van der Waals surface area contributed by atoms with Gasteiger partial charge in [-0.05, 0) is 79.2 Å². The van der Waals surface area contributed by atoms with E-state index in [9.17, 15) is 8.78 Å². The van der Waals surface area contributed by atoms with Crippen LogP contribution >= 0.6 is 0 Å². The number of fused-ring (bicyclic) bond motifs is 1. The molecule has 4 unspecified atom stereocenters. The standard InChI is InChI=1S/C29H44F2/c1-2-3-4-6-21-9-11-22(12-10-21)13-14-23-15-16-25-20-26(18-17-24(25)19-23)27-7-5-8-28(30)29(27)31/h5,7-8,21-26H,2-4,6,9-20H2,1H3. The average molecular weight is 431 g/mol. The Balaban J connectivity index is 1.18. The van der Waals surface area contributed by atoms with Crippen LogP contribution in [-0.2, 0) is 0 Å². The Morgan fingerprint density at radius 2 is 1.35 bits per heavy atom. The molecular weight excluding hydrogens is 386 g/mol. The predicted octanol–water partition coefficient (Wildman–Crippen LogP) is 9.43. The van der Waals surface area contributed by atoms with Crippen molar-refractivity contribution in [3.63, 3.8) is 0 Å². The van der Waals surface area contributed by atoms with Crippen LogP contribution in [0.3, 0.4) is 0 Å². The van der Waals surface area contributed by atoms with Gasteiger partial charge < -0.3 is 0 Å². The van der Waals surface area contributed by atoms with Crippen molar-refractivity contribution in [2.45, 2.75) is 116 Å². The molecule has 0 radical (unpaired) electrons. The smallest absolute Gasteiger partial charge is 0.162 e. The number of benzene rings is 1. The van der Waals surface area contributed by atoms with Crippen molar-refractivity contribution in [2.75, 3.05) is 0 Å². The van der Waals surface area contributed by atoms with E-state index in [0.29, 0.717) is 5.56 Å². The van der Waals surface area contributed by atoms with E-state index in [1.54, 1.807) is 6.07 Å². The molecule has 2 heteroatoms. The molecule has 0 aliphatic heterocycles. The summed E-state index contributed by atoms with van der Waals surface area (Å²) in [5.41, 5.74) is 0.630. The molecule has 0 spiro atoms. The molecule has 3 aliphatic carbocycles. The first-order chi connectivity index (χ1) is 15.1. The molecule has 4 atom stereocenters. The van der Waals surface area contributed by atoms with Crippen molar-refractivity contribution in [3.8, 4) is 0 Å². The topological polar surface area (TPSA) is 0 Å². The van der Waals surface area contributed by atoms with Gasteiger partial charge in [0.15, 0.2) is 11.6 Å². The van der Waals surface area contributed by atoms with Crippen molar-refractivity contribution < 1.29 is 8.78 Å². The fourth-order valence-corrected chi connectivity index (χ4v) is 7.33. The maximum Gasteiger partial charge on any atom is 0.162 e.